The number of rotatable bonds is 12. The van der Waals surface area contributed by atoms with Gasteiger partial charge in [0.2, 0.25) is 0 Å². The number of benzene rings is 12. The third-order valence-corrected chi connectivity index (χ3v) is 15.4. The summed E-state index contributed by atoms with van der Waals surface area (Å²) in [4.78, 5) is 4.87. The minimum absolute atomic E-state index is 0.453. The van der Waals surface area contributed by atoms with Gasteiger partial charge >= 0.3 is 0 Å². The molecule has 0 atom stereocenters. The van der Waals surface area contributed by atoms with Crippen LogP contribution in [0, 0.1) is 0 Å². The van der Waals surface area contributed by atoms with Crippen molar-refractivity contribution in [2.75, 3.05) is 9.80 Å². The Hall–Kier alpha value is -9.44. The van der Waals surface area contributed by atoms with Crippen LogP contribution in [0.3, 0.4) is 0 Å². The minimum atomic E-state index is 0.453. The van der Waals surface area contributed by atoms with Crippen LogP contribution in [0.25, 0.3) is 88.0 Å². The van der Waals surface area contributed by atoms with Gasteiger partial charge in [0.1, 0.15) is 11.2 Å². The van der Waals surface area contributed by atoms with Crippen molar-refractivity contribution in [2.24, 2.45) is 0 Å². The molecule has 13 aromatic rings. The van der Waals surface area contributed by atoms with Crippen LogP contribution < -0.4 is 9.80 Å². The molecular formula is C74H58N2O. The molecule has 3 heteroatoms. The first-order valence-corrected chi connectivity index (χ1v) is 26.9. The van der Waals surface area contributed by atoms with Crippen molar-refractivity contribution < 1.29 is 4.42 Å². The van der Waals surface area contributed by atoms with E-state index >= 15 is 0 Å². The van der Waals surface area contributed by atoms with Gasteiger partial charge in [0.05, 0.1) is 22.7 Å². The molecule has 0 aliphatic heterocycles. The van der Waals surface area contributed by atoms with E-state index in [1.807, 2.05) is 0 Å². The molecule has 77 heavy (non-hydrogen) atoms. The van der Waals surface area contributed by atoms with Crippen LogP contribution in [0.15, 0.2) is 271 Å². The fourth-order valence-corrected chi connectivity index (χ4v) is 11.3. The van der Waals surface area contributed by atoms with Crippen LogP contribution in [0.1, 0.15) is 50.7 Å². The Bertz CT molecular complexity index is 3990. The summed E-state index contributed by atoms with van der Waals surface area (Å²) < 4.78 is 6.94. The molecule has 1 aromatic heterocycles. The Morgan fingerprint density at radius 2 is 0.584 bits per heavy atom. The van der Waals surface area contributed by atoms with Crippen molar-refractivity contribution in [3.63, 3.8) is 0 Å². The molecule has 0 fully saturated rings. The second-order valence-corrected chi connectivity index (χ2v) is 20.9. The van der Waals surface area contributed by atoms with Gasteiger partial charge in [-0.05, 0) is 140 Å². The molecule has 0 saturated carbocycles. The van der Waals surface area contributed by atoms with Gasteiger partial charge in [0, 0.05) is 44.4 Å². The van der Waals surface area contributed by atoms with Crippen molar-refractivity contribution in [3.8, 4) is 44.5 Å². The van der Waals surface area contributed by atoms with Crippen molar-refractivity contribution in [3.05, 3.63) is 278 Å². The largest absolute Gasteiger partial charge is 0.456 e. The van der Waals surface area contributed by atoms with Crippen LogP contribution in [0.4, 0.5) is 34.1 Å². The van der Waals surface area contributed by atoms with Gasteiger partial charge in [-0.1, -0.05) is 222 Å². The number of para-hydroxylation sites is 4. The van der Waals surface area contributed by atoms with Crippen molar-refractivity contribution in [1.29, 1.82) is 0 Å². The zero-order valence-electron chi connectivity index (χ0n) is 43.9. The number of hydrogen-bond acceptors (Lipinski definition) is 3. The average Bonchev–Trinajstić information content (AvgIpc) is 3.90. The van der Waals surface area contributed by atoms with E-state index < -0.39 is 0 Å². The lowest BCUT2D eigenvalue weighted by Crippen LogP contribution is -2.12. The van der Waals surface area contributed by atoms with Crippen LogP contribution in [-0.2, 0) is 0 Å². The summed E-state index contributed by atoms with van der Waals surface area (Å²) in [6.45, 7) is 8.99. The minimum Gasteiger partial charge on any atom is -0.456 e. The topological polar surface area (TPSA) is 19.6 Å². The molecule has 0 amide bonds. The Balaban J connectivity index is 0.944. The van der Waals surface area contributed by atoms with Crippen LogP contribution >= 0.6 is 0 Å². The number of furan rings is 1. The predicted octanol–water partition coefficient (Wildman–Crippen LogP) is 21.7. The van der Waals surface area contributed by atoms with Crippen molar-refractivity contribution >= 4 is 77.6 Å². The summed E-state index contributed by atoms with van der Waals surface area (Å²) in [5, 5.41) is 6.71. The van der Waals surface area contributed by atoms with Gasteiger partial charge in [0.25, 0.3) is 0 Å². The molecule has 13 rings (SSSR count). The smallest absolute Gasteiger partial charge is 0.136 e. The quantitative estimate of drug-likeness (QED) is 0.122. The zero-order chi connectivity index (χ0) is 52.0. The fourth-order valence-electron chi connectivity index (χ4n) is 11.3. The SMILES string of the molecule is CC(C)c1ccc(-c2ccccc2N(c2ccc3cc4c(cc3c2)oc2cc3cc(N(c5ccccc5-c5ccccc5)c5ccccc5-c5ccc(C(C)C)cc5)ccc3cc24)c2ccccc2-c2ccccc2)cc1. The van der Waals surface area contributed by atoms with Gasteiger partial charge < -0.3 is 14.2 Å². The van der Waals surface area contributed by atoms with E-state index in [1.54, 1.807) is 0 Å². The predicted molar refractivity (Wildman–Crippen MR) is 328 cm³/mol. The Labute approximate surface area is 451 Å². The Kier molecular flexibility index (Phi) is 12.3. The van der Waals surface area contributed by atoms with E-state index in [0.717, 1.165) is 111 Å². The lowest BCUT2D eigenvalue weighted by molar-refractivity contribution is 0.670. The number of hydrogen-bond donors (Lipinski definition) is 0. The van der Waals surface area contributed by atoms with Gasteiger partial charge in [-0.2, -0.15) is 0 Å². The standard InChI is InChI=1S/C74H58N2O/c1-49(2)51-31-35-55(36-32-51)65-25-13-17-29-71(65)75(69-27-15-11-23-63(69)53-19-7-5-8-20-53)61-41-39-57-45-67-68-46-58-40-42-62(44-60(58)48-74(68)77-73(67)47-59(57)43-61)76(70-28-16-12-24-64(70)54-21-9-6-10-22-54)72-30-18-14-26-66(72)56-37-33-52(34-38-56)50(3)4/h5-50H,1-4H3. The van der Waals surface area contributed by atoms with Crippen LogP contribution in [0.5, 0.6) is 0 Å². The molecule has 3 nitrogen and oxygen atoms in total. The van der Waals surface area contributed by atoms with E-state index in [1.165, 1.54) is 22.3 Å². The highest BCUT2D eigenvalue weighted by Gasteiger charge is 2.24. The van der Waals surface area contributed by atoms with E-state index in [4.69, 9.17) is 4.42 Å². The maximum Gasteiger partial charge on any atom is 0.136 e. The Morgan fingerprint density at radius 3 is 0.922 bits per heavy atom. The molecule has 0 aliphatic carbocycles. The molecule has 0 spiro atoms. The number of anilines is 6. The van der Waals surface area contributed by atoms with E-state index in [0.29, 0.717) is 11.8 Å². The van der Waals surface area contributed by atoms with Gasteiger partial charge in [-0.3, -0.25) is 0 Å². The highest BCUT2D eigenvalue weighted by atomic mass is 16.3. The number of fused-ring (bicyclic) bond motifs is 5. The van der Waals surface area contributed by atoms with Crippen LogP contribution in [-0.4, -0.2) is 0 Å². The highest BCUT2D eigenvalue weighted by molar-refractivity contribution is 6.14. The maximum atomic E-state index is 6.94. The lowest BCUT2D eigenvalue weighted by atomic mass is 9.96. The van der Waals surface area contributed by atoms with Gasteiger partial charge in [-0.15, -0.1) is 0 Å². The molecule has 1 heterocycles. The molecule has 12 aromatic carbocycles. The summed E-state index contributed by atoms with van der Waals surface area (Å²) in [6, 6.07) is 97.5. The van der Waals surface area contributed by atoms with Gasteiger partial charge in [-0.25, -0.2) is 0 Å². The van der Waals surface area contributed by atoms with E-state index in [9.17, 15) is 0 Å². The maximum absolute atomic E-state index is 6.94. The first-order chi connectivity index (χ1) is 37.8. The summed E-state index contributed by atoms with van der Waals surface area (Å²) in [5.74, 6) is 0.906. The zero-order valence-corrected chi connectivity index (χ0v) is 43.9. The molecule has 370 valence electrons. The Morgan fingerprint density at radius 1 is 0.273 bits per heavy atom. The molecule has 0 saturated heterocycles. The summed E-state index contributed by atoms with van der Waals surface area (Å²) >= 11 is 0. The molecule has 0 radical (unpaired) electrons. The first-order valence-electron chi connectivity index (χ1n) is 26.9. The number of nitrogens with zero attached hydrogens (tertiary/aromatic N) is 2. The fraction of sp³-hybridized carbons (Fsp3) is 0.0811. The van der Waals surface area contributed by atoms with Gasteiger partial charge in [0.15, 0.2) is 0 Å². The van der Waals surface area contributed by atoms with Crippen LogP contribution in [0.2, 0.25) is 0 Å². The average molecular weight is 991 g/mol. The van der Waals surface area contributed by atoms with Crippen molar-refractivity contribution in [1.82, 2.24) is 0 Å². The second-order valence-electron chi connectivity index (χ2n) is 20.9. The first kappa shape index (κ1) is 47.3. The van der Waals surface area contributed by atoms with E-state index in [-0.39, 0.29) is 0 Å². The lowest BCUT2D eigenvalue weighted by Gasteiger charge is -2.30. The molecule has 0 unspecified atom stereocenters. The molecule has 0 N–H and O–H groups in total. The third-order valence-electron chi connectivity index (χ3n) is 15.4. The van der Waals surface area contributed by atoms with Crippen molar-refractivity contribution in [2.45, 2.75) is 39.5 Å². The monoisotopic (exact) mass is 990 g/mol. The third kappa shape index (κ3) is 8.90. The molecular weight excluding hydrogens is 933 g/mol. The summed E-state index contributed by atoms with van der Waals surface area (Å²) in [5.41, 5.74) is 20.3. The van der Waals surface area contributed by atoms with E-state index in [2.05, 4.69) is 304 Å². The molecule has 0 bridgehead atoms. The molecule has 0 aliphatic rings. The summed E-state index contributed by atoms with van der Waals surface area (Å²) in [6.07, 6.45) is 0. The second kappa shape index (κ2) is 20.0. The highest BCUT2D eigenvalue weighted by Crippen LogP contribution is 2.48. The normalized spacial score (nSPS) is 11.6. The summed E-state index contributed by atoms with van der Waals surface area (Å²) in [7, 11) is 0.